The first-order valence-corrected chi connectivity index (χ1v) is 11.0. The first-order valence-electron chi connectivity index (χ1n) is 9.31. The normalized spacial score (nSPS) is 14.8. The predicted molar refractivity (Wildman–Crippen MR) is 120 cm³/mol. The molecule has 0 aliphatic heterocycles. The number of benzene rings is 3. The molecule has 27 heavy (non-hydrogen) atoms. The molecule has 1 aliphatic rings. The smallest absolute Gasteiger partial charge is 0.0456 e. The average Bonchev–Trinajstić information content (AvgIpc) is 3.20. The van der Waals surface area contributed by atoms with Gasteiger partial charge in [0.2, 0.25) is 0 Å². The van der Waals surface area contributed by atoms with E-state index in [2.05, 4.69) is 104 Å². The minimum atomic E-state index is -0.689. The van der Waals surface area contributed by atoms with Gasteiger partial charge in [-0.25, -0.2) is 0 Å². The van der Waals surface area contributed by atoms with Crippen LogP contribution >= 0.6 is 19.5 Å². The molecule has 3 aromatic carbocycles. The minimum Gasteiger partial charge on any atom is -0.0840 e. The molecule has 0 spiro atoms. The molecule has 0 saturated carbocycles. The second kappa shape index (κ2) is 7.85. The minimum absolute atomic E-state index is 0.127. The number of hydrogen-bond donors (Lipinski definition) is 0. The van der Waals surface area contributed by atoms with Crippen LogP contribution in [0.4, 0.5) is 0 Å². The fourth-order valence-electron chi connectivity index (χ4n) is 3.83. The molecule has 0 radical (unpaired) electrons. The Hall–Kier alpha value is -2.14. The van der Waals surface area contributed by atoms with Gasteiger partial charge < -0.3 is 0 Å². The van der Waals surface area contributed by atoms with E-state index in [1.54, 1.807) is 0 Å². The van der Waals surface area contributed by atoms with Crippen molar-refractivity contribution < 1.29 is 0 Å². The summed E-state index contributed by atoms with van der Waals surface area (Å²) in [5.74, 6) is 0. The summed E-state index contributed by atoms with van der Waals surface area (Å²) in [4.78, 5) is 0. The zero-order valence-corrected chi connectivity index (χ0v) is 17.0. The van der Waals surface area contributed by atoms with Gasteiger partial charge in [-0.3, -0.25) is 0 Å². The molecule has 0 N–H and O–H groups in total. The van der Waals surface area contributed by atoms with Gasteiger partial charge in [0.25, 0.3) is 0 Å². The summed E-state index contributed by atoms with van der Waals surface area (Å²) in [6.45, 7) is 2.24. The third kappa shape index (κ3) is 3.41. The monoisotopic (exact) mass is 388 g/mol. The Morgan fingerprint density at radius 3 is 1.81 bits per heavy atom. The topological polar surface area (TPSA) is 0 Å². The van der Waals surface area contributed by atoms with Gasteiger partial charge in [-0.1, -0.05) is 116 Å². The highest BCUT2D eigenvalue weighted by atomic mass is 35.5. The summed E-state index contributed by atoms with van der Waals surface area (Å²) >= 11 is 6.84. The van der Waals surface area contributed by atoms with Gasteiger partial charge in [-0.2, -0.15) is 0 Å². The molecule has 0 amide bonds. The predicted octanol–water partition coefficient (Wildman–Crippen LogP) is 5.87. The van der Waals surface area contributed by atoms with Gasteiger partial charge in [0, 0.05) is 10.4 Å². The third-order valence-electron chi connectivity index (χ3n) is 5.21. The van der Waals surface area contributed by atoms with Crippen LogP contribution < -0.4 is 15.9 Å². The van der Waals surface area contributed by atoms with Crippen LogP contribution in [0.2, 0.25) is 5.02 Å². The van der Waals surface area contributed by atoms with Crippen LogP contribution in [0.25, 0.3) is 0 Å². The quantitative estimate of drug-likeness (QED) is 0.479. The van der Waals surface area contributed by atoms with E-state index in [1.165, 1.54) is 21.5 Å². The maximum Gasteiger partial charge on any atom is 0.0456 e. The average molecular weight is 389 g/mol. The van der Waals surface area contributed by atoms with Crippen molar-refractivity contribution in [3.8, 4) is 0 Å². The van der Waals surface area contributed by atoms with Crippen molar-refractivity contribution in [3.05, 3.63) is 114 Å². The Balaban J connectivity index is 1.99. The zero-order valence-electron chi connectivity index (χ0n) is 15.3. The Kier molecular flexibility index (Phi) is 5.30. The number of halogens is 1. The lowest BCUT2D eigenvalue weighted by atomic mass is 9.79. The summed E-state index contributed by atoms with van der Waals surface area (Å²) < 4.78 is 0. The Bertz CT molecular complexity index is 922. The Labute approximate surface area is 168 Å². The summed E-state index contributed by atoms with van der Waals surface area (Å²) in [7, 11) is -0.689. The van der Waals surface area contributed by atoms with Crippen LogP contribution in [0.3, 0.4) is 0 Å². The van der Waals surface area contributed by atoms with Crippen molar-refractivity contribution in [1.82, 2.24) is 0 Å². The lowest BCUT2D eigenvalue weighted by Crippen LogP contribution is -2.31. The molecule has 134 valence electrons. The first kappa shape index (κ1) is 18.2. The van der Waals surface area contributed by atoms with Crippen LogP contribution in [0, 0.1) is 0 Å². The summed E-state index contributed by atoms with van der Waals surface area (Å²) in [6.07, 6.45) is 9.86. The molecular formula is C25H22ClP. The van der Waals surface area contributed by atoms with Crippen molar-refractivity contribution in [3.63, 3.8) is 0 Å². The summed E-state index contributed by atoms with van der Waals surface area (Å²) in [5.41, 5.74) is 1.12. The van der Waals surface area contributed by atoms with Crippen LogP contribution in [-0.4, -0.2) is 0 Å². The highest BCUT2D eigenvalue weighted by Crippen LogP contribution is 2.43. The van der Waals surface area contributed by atoms with Crippen LogP contribution in [0.15, 0.2) is 103 Å². The van der Waals surface area contributed by atoms with Gasteiger partial charge in [-0.15, -0.1) is 0 Å². The summed E-state index contributed by atoms with van der Waals surface area (Å²) in [6, 6.07) is 28.0. The lowest BCUT2D eigenvalue weighted by molar-refractivity contribution is 0.655. The van der Waals surface area contributed by atoms with Crippen molar-refractivity contribution >= 4 is 35.4 Å². The molecule has 0 nitrogen and oxygen atoms in total. The summed E-state index contributed by atoms with van der Waals surface area (Å²) in [5, 5.41) is 4.89. The Morgan fingerprint density at radius 1 is 0.741 bits per heavy atom. The zero-order chi connectivity index (χ0) is 18.7. The molecule has 0 fully saturated rings. The van der Waals surface area contributed by atoms with E-state index in [0.717, 1.165) is 11.4 Å². The molecular weight excluding hydrogens is 367 g/mol. The second-order valence-corrected chi connectivity index (χ2v) is 9.35. The van der Waals surface area contributed by atoms with E-state index < -0.39 is 7.92 Å². The van der Waals surface area contributed by atoms with E-state index in [-0.39, 0.29) is 5.41 Å². The molecule has 0 saturated heterocycles. The largest absolute Gasteiger partial charge is 0.0840 e. The number of allylic oxidation sites excluding steroid dienone is 4. The van der Waals surface area contributed by atoms with E-state index in [9.17, 15) is 0 Å². The maximum absolute atomic E-state index is 6.84. The third-order valence-corrected chi connectivity index (χ3v) is 8.01. The van der Waals surface area contributed by atoms with E-state index >= 15 is 0 Å². The van der Waals surface area contributed by atoms with Crippen LogP contribution in [-0.2, 0) is 5.41 Å². The van der Waals surface area contributed by atoms with Gasteiger partial charge in [-0.05, 0) is 41.9 Å². The van der Waals surface area contributed by atoms with Crippen molar-refractivity contribution in [2.45, 2.75) is 18.8 Å². The van der Waals surface area contributed by atoms with Crippen LogP contribution in [0.1, 0.15) is 18.9 Å². The molecule has 4 rings (SSSR count). The van der Waals surface area contributed by atoms with Crippen molar-refractivity contribution in [2.75, 3.05) is 0 Å². The van der Waals surface area contributed by atoms with Crippen molar-refractivity contribution in [1.29, 1.82) is 0 Å². The molecule has 0 aromatic heterocycles. The molecule has 0 heterocycles. The molecule has 0 unspecified atom stereocenters. The number of rotatable bonds is 5. The second-order valence-electron chi connectivity index (χ2n) is 6.75. The number of hydrogen-bond acceptors (Lipinski definition) is 0. The van der Waals surface area contributed by atoms with Gasteiger partial charge in [0.1, 0.15) is 0 Å². The molecule has 2 heteroatoms. The van der Waals surface area contributed by atoms with Gasteiger partial charge >= 0.3 is 0 Å². The highest BCUT2D eigenvalue weighted by Gasteiger charge is 2.33. The molecule has 0 bridgehead atoms. The standard InChI is InChI=1S/C25H22ClP/c1-2-25(18-9-10-19-25)24-22(26)16-11-17-23(24)27(20-12-5-3-6-13-20)21-14-7-4-8-15-21/h3-19H,2H2,1H3. The highest BCUT2D eigenvalue weighted by molar-refractivity contribution is 7.80. The lowest BCUT2D eigenvalue weighted by Gasteiger charge is -2.32. The van der Waals surface area contributed by atoms with E-state index in [4.69, 9.17) is 11.6 Å². The van der Waals surface area contributed by atoms with Gasteiger partial charge in [0.15, 0.2) is 0 Å². The molecule has 3 aromatic rings. The SMILES string of the molecule is CCC1(c2c(Cl)cccc2P(c2ccccc2)c2ccccc2)C=CC=C1. The molecule has 1 aliphatic carbocycles. The Morgan fingerprint density at radius 2 is 1.30 bits per heavy atom. The van der Waals surface area contributed by atoms with Crippen molar-refractivity contribution in [2.24, 2.45) is 0 Å². The fraction of sp³-hybridized carbons (Fsp3) is 0.120. The van der Waals surface area contributed by atoms with E-state index in [1.807, 2.05) is 6.07 Å². The van der Waals surface area contributed by atoms with Gasteiger partial charge in [0.05, 0.1) is 0 Å². The fourth-order valence-corrected chi connectivity index (χ4v) is 6.83. The molecule has 0 atom stereocenters. The maximum atomic E-state index is 6.84. The first-order chi connectivity index (χ1) is 13.2. The van der Waals surface area contributed by atoms with Crippen LogP contribution in [0.5, 0.6) is 0 Å². The van der Waals surface area contributed by atoms with E-state index in [0.29, 0.717) is 0 Å².